The lowest BCUT2D eigenvalue weighted by atomic mass is 9.84. The first-order valence-corrected chi connectivity index (χ1v) is 7.81. The number of esters is 2. The molecule has 1 rings (SSSR count). The van der Waals surface area contributed by atoms with Crippen LogP contribution in [0, 0.1) is 11.8 Å². The molecule has 1 aliphatic heterocycles. The summed E-state index contributed by atoms with van der Waals surface area (Å²) in [4.78, 5) is 37.9. The van der Waals surface area contributed by atoms with E-state index in [9.17, 15) is 14.4 Å². The molecule has 7 nitrogen and oxygen atoms in total. The number of likely N-dealkylation sites (tertiary alicyclic amines) is 1. The van der Waals surface area contributed by atoms with Gasteiger partial charge in [0.05, 0.1) is 20.6 Å². The van der Waals surface area contributed by atoms with Gasteiger partial charge >= 0.3 is 18.0 Å². The third kappa shape index (κ3) is 4.72. The minimum Gasteiger partial charge on any atom is -0.469 e. The van der Waals surface area contributed by atoms with Crippen molar-refractivity contribution in [3.63, 3.8) is 0 Å². The fourth-order valence-corrected chi connectivity index (χ4v) is 2.89. The summed E-state index contributed by atoms with van der Waals surface area (Å²) in [5.74, 6) is -1.72. The van der Waals surface area contributed by atoms with Crippen molar-refractivity contribution >= 4 is 18.0 Å². The zero-order valence-electron chi connectivity index (χ0n) is 15.3. The summed E-state index contributed by atoms with van der Waals surface area (Å²) < 4.78 is 15.0. The van der Waals surface area contributed by atoms with Crippen LogP contribution in [0.25, 0.3) is 0 Å². The van der Waals surface area contributed by atoms with Gasteiger partial charge in [-0.1, -0.05) is 12.2 Å². The van der Waals surface area contributed by atoms with E-state index in [0.29, 0.717) is 0 Å². The van der Waals surface area contributed by atoms with Crippen molar-refractivity contribution in [3.8, 4) is 0 Å². The highest BCUT2D eigenvalue weighted by molar-refractivity contribution is 5.84. The van der Waals surface area contributed by atoms with Crippen LogP contribution in [0.15, 0.2) is 12.2 Å². The molecule has 0 saturated carbocycles. The van der Waals surface area contributed by atoms with E-state index in [1.165, 1.54) is 19.1 Å². The monoisotopic (exact) mass is 341 g/mol. The second-order valence-electron chi connectivity index (χ2n) is 7.00. The van der Waals surface area contributed by atoms with E-state index >= 15 is 0 Å². The first-order chi connectivity index (χ1) is 11.0. The fraction of sp³-hybridized carbons (Fsp3) is 0.706. The Kier molecular flexibility index (Phi) is 6.40. The lowest BCUT2D eigenvalue weighted by Gasteiger charge is -2.28. The lowest BCUT2D eigenvalue weighted by molar-refractivity contribution is -0.148. The number of carbonyl (C=O) groups excluding carboxylic acids is 3. The molecule has 7 heteroatoms. The number of hydrogen-bond acceptors (Lipinski definition) is 6. The highest BCUT2D eigenvalue weighted by atomic mass is 16.6. The Morgan fingerprint density at radius 3 is 2.17 bits per heavy atom. The average Bonchev–Trinajstić information content (AvgIpc) is 2.84. The maximum absolute atomic E-state index is 12.5. The Morgan fingerprint density at radius 2 is 1.75 bits per heavy atom. The first kappa shape index (κ1) is 20.0. The summed E-state index contributed by atoms with van der Waals surface area (Å²) in [6, 6.07) is -0.911. The molecule has 1 amide bonds. The summed E-state index contributed by atoms with van der Waals surface area (Å²) in [5, 5.41) is 0. The van der Waals surface area contributed by atoms with Crippen LogP contribution in [0.1, 0.15) is 34.1 Å². The minimum absolute atomic E-state index is 0.00685. The predicted molar refractivity (Wildman–Crippen MR) is 87.2 cm³/mol. The van der Waals surface area contributed by atoms with Gasteiger partial charge in [-0.3, -0.25) is 9.69 Å². The van der Waals surface area contributed by atoms with Gasteiger partial charge in [0.1, 0.15) is 11.6 Å². The quantitative estimate of drug-likeness (QED) is 0.443. The number of nitrogens with zero attached hydrogens (tertiary/aromatic N) is 1. The van der Waals surface area contributed by atoms with Gasteiger partial charge in [0.2, 0.25) is 0 Å². The number of hydrogen-bond donors (Lipinski definition) is 0. The Hall–Kier alpha value is -2.05. The van der Waals surface area contributed by atoms with Crippen molar-refractivity contribution in [2.24, 2.45) is 11.8 Å². The van der Waals surface area contributed by atoms with Gasteiger partial charge in [-0.15, -0.1) is 0 Å². The number of carbonyl (C=O) groups is 3. The molecule has 24 heavy (non-hydrogen) atoms. The van der Waals surface area contributed by atoms with Crippen molar-refractivity contribution in [3.05, 3.63) is 12.2 Å². The predicted octanol–water partition coefficient (Wildman–Crippen LogP) is 2.15. The molecule has 1 fully saturated rings. The van der Waals surface area contributed by atoms with Gasteiger partial charge in [-0.25, -0.2) is 9.59 Å². The van der Waals surface area contributed by atoms with Gasteiger partial charge in [0.25, 0.3) is 0 Å². The molecule has 0 unspecified atom stereocenters. The van der Waals surface area contributed by atoms with Crippen LogP contribution >= 0.6 is 0 Å². The number of rotatable bonds is 4. The molecule has 3 atom stereocenters. The summed E-state index contributed by atoms with van der Waals surface area (Å²) in [5.41, 5.74) is 0.0838. The van der Waals surface area contributed by atoms with E-state index in [-0.39, 0.29) is 18.9 Å². The maximum atomic E-state index is 12.5. The second kappa shape index (κ2) is 7.68. The Bertz CT molecular complexity index is 522. The van der Waals surface area contributed by atoms with Gasteiger partial charge < -0.3 is 14.2 Å². The third-order valence-electron chi connectivity index (χ3n) is 3.99. The van der Waals surface area contributed by atoms with E-state index in [4.69, 9.17) is 14.2 Å². The van der Waals surface area contributed by atoms with Crippen LogP contribution in [-0.4, -0.2) is 55.3 Å². The zero-order chi connectivity index (χ0) is 18.7. The zero-order valence-corrected chi connectivity index (χ0v) is 15.3. The van der Waals surface area contributed by atoms with E-state index in [1.54, 1.807) is 20.8 Å². The Morgan fingerprint density at radius 1 is 1.17 bits per heavy atom. The molecule has 1 heterocycles. The highest BCUT2D eigenvalue weighted by Gasteiger charge is 2.50. The summed E-state index contributed by atoms with van der Waals surface area (Å²) in [6.45, 7) is 11.2. The number of methoxy groups -OCH3 is 2. The molecular weight excluding hydrogens is 314 g/mol. The van der Waals surface area contributed by atoms with Crippen LogP contribution in [0.3, 0.4) is 0 Å². The smallest absolute Gasteiger partial charge is 0.411 e. The van der Waals surface area contributed by atoms with E-state index in [2.05, 4.69) is 6.58 Å². The normalized spacial score (nSPS) is 23.6. The van der Waals surface area contributed by atoms with Crippen LogP contribution in [0.4, 0.5) is 4.79 Å². The van der Waals surface area contributed by atoms with Crippen molar-refractivity contribution in [1.82, 2.24) is 4.90 Å². The molecule has 0 radical (unpaired) electrons. The SMILES string of the molecule is C=C(C)[C@H]1CN(C(=O)OC(C)(C)C)[C@H](C(=O)OC)[C@H]1CC(=O)OC. The van der Waals surface area contributed by atoms with Crippen LogP contribution in [0.2, 0.25) is 0 Å². The molecule has 0 spiro atoms. The molecule has 136 valence electrons. The number of ether oxygens (including phenoxy) is 3. The van der Waals surface area contributed by atoms with Crippen molar-refractivity contribution in [2.75, 3.05) is 20.8 Å². The third-order valence-corrected chi connectivity index (χ3v) is 3.99. The van der Waals surface area contributed by atoms with E-state index in [1.807, 2.05) is 6.92 Å². The fourth-order valence-electron chi connectivity index (χ4n) is 2.89. The maximum Gasteiger partial charge on any atom is 0.411 e. The largest absolute Gasteiger partial charge is 0.469 e. The summed E-state index contributed by atoms with van der Waals surface area (Å²) >= 11 is 0. The molecule has 1 saturated heterocycles. The average molecular weight is 341 g/mol. The summed E-state index contributed by atoms with van der Waals surface area (Å²) in [6.07, 6.45) is -0.621. The Labute approximate surface area is 142 Å². The van der Waals surface area contributed by atoms with Crippen molar-refractivity contribution < 1.29 is 28.6 Å². The highest BCUT2D eigenvalue weighted by Crippen LogP contribution is 2.38. The Balaban J connectivity index is 3.18. The van der Waals surface area contributed by atoms with E-state index < -0.39 is 35.6 Å². The molecule has 0 aromatic rings. The van der Waals surface area contributed by atoms with Crippen molar-refractivity contribution in [2.45, 2.75) is 45.8 Å². The molecule has 0 N–H and O–H groups in total. The van der Waals surface area contributed by atoms with E-state index in [0.717, 1.165) is 5.57 Å². The standard InChI is InChI=1S/C17H27NO6/c1-10(2)12-9-18(16(21)24-17(3,4)5)14(15(20)23-7)11(12)8-13(19)22-6/h11-12,14H,1,8-9H2,2-7H3/t11-,12+,14-/m0/s1. The molecular formula is C17H27NO6. The lowest BCUT2D eigenvalue weighted by Crippen LogP contribution is -2.46. The van der Waals surface area contributed by atoms with Gasteiger partial charge in [-0.05, 0) is 27.7 Å². The molecule has 0 aliphatic carbocycles. The van der Waals surface area contributed by atoms with Gasteiger partial charge in [0.15, 0.2) is 0 Å². The molecule has 0 aromatic carbocycles. The second-order valence-corrected chi connectivity index (χ2v) is 7.00. The minimum atomic E-state index is -0.911. The van der Waals surface area contributed by atoms with Gasteiger partial charge in [0, 0.05) is 18.4 Å². The summed E-state index contributed by atoms with van der Waals surface area (Å²) in [7, 11) is 2.53. The van der Waals surface area contributed by atoms with Crippen molar-refractivity contribution in [1.29, 1.82) is 0 Å². The molecule has 1 aliphatic rings. The van der Waals surface area contributed by atoms with Crippen LogP contribution in [-0.2, 0) is 23.8 Å². The topological polar surface area (TPSA) is 82.1 Å². The molecule has 0 aromatic heterocycles. The van der Waals surface area contributed by atoms with Crippen LogP contribution < -0.4 is 0 Å². The van der Waals surface area contributed by atoms with Gasteiger partial charge in [-0.2, -0.15) is 0 Å². The number of amides is 1. The molecule has 0 bridgehead atoms. The first-order valence-electron chi connectivity index (χ1n) is 7.81. The van der Waals surface area contributed by atoms with Crippen LogP contribution in [0.5, 0.6) is 0 Å².